The van der Waals surface area contributed by atoms with E-state index in [0.717, 1.165) is 5.69 Å². The molecular weight excluding hydrogens is 376 g/mol. The molecule has 0 amide bonds. The molecule has 138 valence electrons. The zero-order valence-corrected chi connectivity index (χ0v) is 15.8. The molecule has 1 heterocycles. The van der Waals surface area contributed by atoms with Crippen molar-refractivity contribution in [1.29, 1.82) is 0 Å². The molecule has 0 saturated carbocycles. The van der Waals surface area contributed by atoms with Gasteiger partial charge in [0.05, 0.1) is 17.6 Å². The predicted molar refractivity (Wildman–Crippen MR) is 100 cm³/mol. The maximum absolute atomic E-state index is 12.8. The summed E-state index contributed by atoms with van der Waals surface area (Å²) in [6, 6.07) is 13.3. The van der Waals surface area contributed by atoms with Gasteiger partial charge in [-0.2, -0.15) is 4.31 Å². The van der Waals surface area contributed by atoms with Crippen LogP contribution in [0.1, 0.15) is 10.4 Å². The number of hydrogen-bond acceptors (Lipinski definition) is 5. The number of carbonyl (C=O) groups is 1. The molecule has 0 atom stereocenters. The van der Waals surface area contributed by atoms with Crippen LogP contribution in [0.25, 0.3) is 0 Å². The number of nitrogens with zero attached hydrogens (tertiary/aromatic N) is 2. The highest BCUT2D eigenvalue weighted by Gasteiger charge is 2.28. The van der Waals surface area contributed by atoms with Crippen LogP contribution in [0.15, 0.2) is 53.4 Å². The number of carbonyl (C=O) groups excluding carboxylic acids is 1. The minimum absolute atomic E-state index is 0.168. The highest BCUT2D eigenvalue weighted by atomic mass is 35.5. The van der Waals surface area contributed by atoms with Gasteiger partial charge in [0.15, 0.2) is 0 Å². The number of esters is 1. The maximum Gasteiger partial charge on any atom is 0.337 e. The fraction of sp³-hybridized carbons (Fsp3) is 0.278. The first-order valence-electron chi connectivity index (χ1n) is 8.11. The summed E-state index contributed by atoms with van der Waals surface area (Å²) in [5.74, 6) is -0.496. The van der Waals surface area contributed by atoms with E-state index in [0.29, 0.717) is 36.8 Å². The van der Waals surface area contributed by atoms with Crippen LogP contribution in [-0.4, -0.2) is 52.0 Å². The summed E-state index contributed by atoms with van der Waals surface area (Å²) in [4.78, 5) is 13.8. The Kier molecular flexibility index (Phi) is 5.50. The first kappa shape index (κ1) is 18.7. The largest absolute Gasteiger partial charge is 0.465 e. The summed E-state index contributed by atoms with van der Waals surface area (Å²) in [7, 11) is -2.31. The van der Waals surface area contributed by atoms with Crippen molar-refractivity contribution in [2.45, 2.75) is 4.90 Å². The fourth-order valence-electron chi connectivity index (χ4n) is 2.89. The van der Waals surface area contributed by atoms with E-state index in [-0.39, 0.29) is 4.90 Å². The highest BCUT2D eigenvalue weighted by Crippen LogP contribution is 2.23. The number of halogens is 1. The SMILES string of the molecule is COC(=O)c1ccc(S(=O)(=O)N2CCN(c3cccc(Cl)c3)CC2)cc1. The Hall–Kier alpha value is -2.09. The van der Waals surface area contributed by atoms with E-state index < -0.39 is 16.0 Å². The van der Waals surface area contributed by atoms with Crippen molar-refractivity contribution >= 4 is 33.3 Å². The molecule has 0 unspecified atom stereocenters. The molecule has 26 heavy (non-hydrogen) atoms. The molecule has 0 radical (unpaired) electrons. The molecule has 0 bridgehead atoms. The van der Waals surface area contributed by atoms with Crippen molar-refractivity contribution in [3.05, 3.63) is 59.1 Å². The first-order chi connectivity index (χ1) is 12.4. The predicted octanol–water partition coefficient (Wildman–Crippen LogP) is 2.64. The molecule has 1 saturated heterocycles. The lowest BCUT2D eigenvalue weighted by Gasteiger charge is -2.35. The standard InChI is InChI=1S/C18H19ClN2O4S/c1-25-18(22)14-5-7-17(8-6-14)26(23,24)21-11-9-20(10-12-21)16-4-2-3-15(19)13-16/h2-8,13H,9-12H2,1H3. The molecule has 8 heteroatoms. The van der Waals surface area contributed by atoms with Gasteiger partial charge < -0.3 is 9.64 Å². The quantitative estimate of drug-likeness (QED) is 0.746. The number of rotatable bonds is 4. The number of ether oxygens (including phenoxy) is 1. The monoisotopic (exact) mass is 394 g/mol. The van der Waals surface area contributed by atoms with Gasteiger partial charge in [0.2, 0.25) is 10.0 Å². The molecule has 0 N–H and O–H groups in total. The third-order valence-corrected chi connectivity index (χ3v) is 6.47. The summed E-state index contributed by atoms with van der Waals surface area (Å²) in [5.41, 5.74) is 1.30. The van der Waals surface area contributed by atoms with Crippen LogP contribution in [0.2, 0.25) is 5.02 Å². The molecule has 3 rings (SSSR count). The number of methoxy groups -OCH3 is 1. The van der Waals surface area contributed by atoms with Crippen LogP contribution in [0.3, 0.4) is 0 Å². The van der Waals surface area contributed by atoms with E-state index in [1.807, 2.05) is 24.3 Å². The van der Waals surface area contributed by atoms with E-state index in [9.17, 15) is 13.2 Å². The van der Waals surface area contributed by atoms with Gasteiger partial charge in [-0.3, -0.25) is 0 Å². The summed E-state index contributed by atoms with van der Waals surface area (Å²) in [6.45, 7) is 1.93. The van der Waals surface area contributed by atoms with Crippen LogP contribution in [-0.2, 0) is 14.8 Å². The zero-order chi connectivity index (χ0) is 18.7. The molecule has 0 spiro atoms. The second kappa shape index (κ2) is 7.65. The number of anilines is 1. The van der Waals surface area contributed by atoms with E-state index >= 15 is 0 Å². The summed E-state index contributed by atoms with van der Waals surface area (Å²) in [6.07, 6.45) is 0. The molecule has 2 aromatic rings. The molecule has 1 fully saturated rings. The number of hydrogen-bond donors (Lipinski definition) is 0. The molecule has 1 aliphatic rings. The maximum atomic E-state index is 12.8. The first-order valence-corrected chi connectivity index (χ1v) is 9.92. The third kappa shape index (κ3) is 3.85. The van der Waals surface area contributed by atoms with Gasteiger partial charge in [-0.15, -0.1) is 0 Å². The Labute approximate surface area is 158 Å². The Bertz CT molecular complexity index is 892. The number of benzene rings is 2. The summed E-state index contributed by atoms with van der Waals surface area (Å²) < 4.78 is 31.7. The van der Waals surface area contributed by atoms with E-state index in [4.69, 9.17) is 11.6 Å². The Balaban J connectivity index is 1.70. The van der Waals surface area contributed by atoms with Gasteiger partial charge in [-0.25, -0.2) is 13.2 Å². The Morgan fingerprint density at radius 1 is 1.04 bits per heavy atom. The lowest BCUT2D eigenvalue weighted by molar-refractivity contribution is 0.0600. The molecule has 2 aromatic carbocycles. The van der Waals surface area contributed by atoms with E-state index in [1.165, 1.54) is 35.7 Å². The Morgan fingerprint density at radius 3 is 2.27 bits per heavy atom. The second-order valence-electron chi connectivity index (χ2n) is 5.89. The van der Waals surface area contributed by atoms with Crippen molar-refractivity contribution in [2.75, 3.05) is 38.2 Å². The van der Waals surface area contributed by atoms with Crippen molar-refractivity contribution in [3.63, 3.8) is 0 Å². The average Bonchev–Trinajstić information content (AvgIpc) is 2.67. The second-order valence-corrected chi connectivity index (χ2v) is 8.26. The minimum Gasteiger partial charge on any atom is -0.465 e. The lowest BCUT2D eigenvalue weighted by atomic mass is 10.2. The molecular formula is C18H19ClN2O4S. The van der Waals surface area contributed by atoms with E-state index in [1.54, 1.807) is 0 Å². The average molecular weight is 395 g/mol. The van der Waals surface area contributed by atoms with Gasteiger partial charge in [-0.1, -0.05) is 17.7 Å². The minimum atomic E-state index is -3.60. The van der Waals surface area contributed by atoms with Crippen molar-refractivity contribution < 1.29 is 17.9 Å². The summed E-state index contributed by atoms with van der Waals surface area (Å²) in [5, 5.41) is 0.656. The van der Waals surface area contributed by atoms with Gasteiger partial charge >= 0.3 is 5.97 Å². The zero-order valence-electron chi connectivity index (χ0n) is 14.3. The van der Waals surface area contributed by atoms with Crippen LogP contribution in [0.4, 0.5) is 5.69 Å². The molecule has 1 aliphatic heterocycles. The van der Waals surface area contributed by atoms with Crippen molar-refractivity contribution in [3.8, 4) is 0 Å². The third-order valence-electron chi connectivity index (χ3n) is 4.33. The van der Waals surface area contributed by atoms with Crippen LogP contribution >= 0.6 is 11.6 Å². The molecule has 0 aromatic heterocycles. The fourth-order valence-corrected chi connectivity index (χ4v) is 4.50. The van der Waals surface area contributed by atoms with Crippen LogP contribution < -0.4 is 4.90 Å². The normalized spacial score (nSPS) is 15.7. The van der Waals surface area contributed by atoms with Crippen molar-refractivity contribution in [2.24, 2.45) is 0 Å². The van der Waals surface area contributed by atoms with Crippen molar-refractivity contribution in [1.82, 2.24) is 4.31 Å². The summed E-state index contributed by atoms with van der Waals surface area (Å²) >= 11 is 6.02. The number of sulfonamides is 1. The topological polar surface area (TPSA) is 66.9 Å². The highest BCUT2D eigenvalue weighted by molar-refractivity contribution is 7.89. The van der Waals surface area contributed by atoms with Gasteiger partial charge in [0.25, 0.3) is 0 Å². The smallest absolute Gasteiger partial charge is 0.337 e. The molecule has 6 nitrogen and oxygen atoms in total. The van der Waals surface area contributed by atoms with E-state index in [2.05, 4.69) is 9.64 Å². The van der Waals surface area contributed by atoms with Gasteiger partial charge in [0, 0.05) is 36.9 Å². The van der Waals surface area contributed by atoms with Crippen LogP contribution in [0.5, 0.6) is 0 Å². The number of piperazine rings is 1. The Morgan fingerprint density at radius 2 is 1.69 bits per heavy atom. The lowest BCUT2D eigenvalue weighted by Crippen LogP contribution is -2.48. The van der Waals surface area contributed by atoms with Gasteiger partial charge in [0.1, 0.15) is 0 Å². The van der Waals surface area contributed by atoms with Crippen LogP contribution in [0, 0.1) is 0 Å². The van der Waals surface area contributed by atoms with Gasteiger partial charge in [-0.05, 0) is 42.5 Å². The molecule has 0 aliphatic carbocycles.